The molecule has 1 saturated carbocycles. The number of ketones is 2. The Hall–Kier alpha value is -4.10. The third-order valence-corrected chi connectivity index (χ3v) is 8.13. The van der Waals surface area contributed by atoms with Crippen LogP contribution in [0.5, 0.6) is 5.75 Å². The predicted molar refractivity (Wildman–Crippen MR) is 148 cm³/mol. The number of carbonyl (C=O) groups excluding carboxylic acids is 3. The number of aliphatic hydroxyl groups is 3. The topological polar surface area (TPSA) is 206 Å². The lowest BCUT2D eigenvalue weighted by Crippen LogP contribution is -2.65. The summed E-state index contributed by atoms with van der Waals surface area (Å²) >= 11 is 0. The van der Waals surface area contributed by atoms with Gasteiger partial charge in [-0.15, -0.1) is 0 Å². The number of hydrogen-bond acceptors (Lipinski definition) is 10. The summed E-state index contributed by atoms with van der Waals surface area (Å²) in [6, 6.07) is 0.599. The van der Waals surface area contributed by atoms with Crippen LogP contribution in [0.3, 0.4) is 0 Å². The quantitative estimate of drug-likeness (QED) is 0.153. The van der Waals surface area contributed by atoms with Crippen LogP contribution in [0.25, 0.3) is 5.76 Å². The third-order valence-electron chi connectivity index (χ3n) is 8.13. The Bertz CT molecular complexity index is 1410. The monoisotopic (exact) mass is 556 g/mol. The van der Waals surface area contributed by atoms with Gasteiger partial charge in [-0.1, -0.05) is 0 Å². The highest BCUT2D eigenvalue weighted by Gasteiger charge is 2.64. The van der Waals surface area contributed by atoms with Gasteiger partial charge in [0.2, 0.25) is 5.78 Å². The number of Topliss-reactive ketones (excluding diaryl/α,β-unsaturated/α-hetero) is 2. The number of rotatable bonds is 5. The van der Waals surface area contributed by atoms with Gasteiger partial charge in [0.1, 0.15) is 22.8 Å². The molecule has 4 rings (SSSR count). The van der Waals surface area contributed by atoms with Crippen LogP contribution >= 0.6 is 0 Å². The van der Waals surface area contributed by atoms with Crippen LogP contribution in [0.4, 0.5) is 5.69 Å². The Morgan fingerprint density at radius 2 is 1.73 bits per heavy atom. The van der Waals surface area contributed by atoms with Gasteiger partial charge in [-0.25, -0.2) is 4.99 Å². The lowest BCUT2D eigenvalue weighted by molar-refractivity contribution is -0.153. The molecule has 0 aliphatic heterocycles. The number of hydrogen-bond donors (Lipinski definition) is 6. The maximum absolute atomic E-state index is 14.0. The second-order valence-corrected chi connectivity index (χ2v) is 11.2. The largest absolute Gasteiger partial charge is 0.508 e. The Balaban J connectivity index is 1.96. The highest BCUT2D eigenvalue weighted by atomic mass is 16.3. The Morgan fingerprint density at radius 3 is 2.25 bits per heavy atom. The molecule has 3 aliphatic carbocycles. The van der Waals surface area contributed by atoms with Crippen LogP contribution in [-0.4, -0.2) is 108 Å². The number of primary amides is 1. The average Bonchev–Trinajstić information content (AvgIpc) is 2.84. The normalized spacial score (nSPS) is 26.5. The zero-order valence-electron chi connectivity index (χ0n) is 23.4. The van der Waals surface area contributed by atoms with E-state index in [0.29, 0.717) is 16.8 Å². The molecule has 0 saturated heterocycles. The van der Waals surface area contributed by atoms with E-state index < -0.39 is 58.0 Å². The van der Waals surface area contributed by atoms with E-state index in [4.69, 9.17) is 11.5 Å². The van der Waals surface area contributed by atoms with Crippen LogP contribution < -0.4 is 16.4 Å². The van der Waals surface area contributed by atoms with Crippen LogP contribution in [0.15, 0.2) is 28.0 Å². The van der Waals surface area contributed by atoms with Crippen molar-refractivity contribution in [3.8, 4) is 5.75 Å². The van der Waals surface area contributed by atoms with E-state index in [1.165, 1.54) is 4.90 Å². The number of phenols is 1. The Kier molecular flexibility index (Phi) is 7.10. The van der Waals surface area contributed by atoms with Crippen molar-refractivity contribution in [2.24, 2.45) is 28.3 Å². The molecule has 1 amide bonds. The molecule has 4 atom stereocenters. The van der Waals surface area contributed by atoms with Crippen LogP contribution in [-0.2, 0) is 27.3 Å². The highest BCUT2D eigenvalue weighted by Crippen LogP contribution is 2.54. The molecule has 0 spiro atoms. The number of benzene rings is 1. The van der Waals surface area contributed by atoms with Gasteiger partial charge >= 0.3 is 0 Å². The SMILES string of the molecule is CN(C)C(N)=NCc1cc(N(C)C)c2c(c1O)C(O)=C1C(=O)[C@]3(O)C(O)=C(C(N)=O)C(=O)[C@@H](N(C)C)C3CC1C2. The van der Waals surface area contributed by atoms with Crippen molar-refractivity contribution in [1.29, 1.82) is 0 Å². The van der Waals surface area contributed by atoms with E-state index in [9.17, 15) is 34.8 Å². The molecular weight excluding hydrogens is 520 g/mol. The van der Waals surface area contributed by atoms with Gasteiger partial charge in [-0.3, -0.25) is 19.3 Å². The van der Waals surface area contributed by atoms with Crippen molar-refractivity contribution in [1.82, 2.24) is 9.80 Å². The van der Waals surface area contributed by atoms with Crippen molar-refractivity contribution in [2.45, 2.75) is 31.0 Å². The number of anilines is 1. The first-order valence-electron chi connectivity index (χ1n) is 12.7. The van der Waals surface area contributed by atoms with E-state index in [0.717, 1.165) is 0 Å². The molecule has 1 fully saturated rings. The molecule has 40 heavy (non-hydrogen) atoms. The van der Waals surface area contributed by atoms with Crippen molar-refractivity contribution in [3.63, 3.8) is 0 Å². The highest BCUT2D eigenvalue weighted by molar-refractivity contribution is 6.24. The van der Waals surface area contributed by atoms with Crippen molar-refractivity contribution < 1.29 is 34.8 Å². The first-order chi connectivity index (χ1) is 18.5. The maximum Gasteiger partial charge on any atom is 0.255 e. The molecule has 13 heteroatoms. The summed E-state index contributed by atoms with van der Waals surface area (Å²) in [5.74, 6) is -6.68. The van der Waals surface area contributed by atoms with E-state index in [2.05, 4.69) is 4.99 Å². The molecular formula is C27H36N6O7. The fraction of sp³-hybridized carbons (Fsp3) is 0.481. The number of likely N-dealkylation sites (N-methyl/N-ethyl adjacent to an activating group) is 1. The number of aliphatic hydroxyl groups excluding tert-OH is 2. The van der Waals surface area contributed by atoms with Gasteiger partial charge in [0.25, 0.3) is 5.91 Å². The Labute approximate surface area is 231 Å². The number of guanidine groups is 1. The molecule has 1 aromatic carbocycles. The minimum Gasteiger partial charge on any atom is -0.508 e. The van der Waals surface area contributed by atoms with E-state index in [1.54, 1.807) is 58.2 Å². The fourth-order valence-electron chi connectivity index (χ4n) is 6.17. The molecule has 8 N–H and O–H groups in total. The lowest BCUT2D eigenvalue weighted by atomic mass is 9.57. The van der Waals surface area contributed by atoms with Gasteiger partial charge < -0.3 is 41.7 Å². The summed E-state index contributed by atoms with van der Waals surface area (Å²) in [5.41, 5.74) is 9.13. The summed E-state index contributed by atoms with van der Waals surface area (Å²) in [5, 5.41) is 45.5. The average molecular weight is 557 g/mol. The van der Waals surface area contributed by atoms with Gasteiger partial charge in [0, 0.05) is 50.9 Å². The summed E-state index contributed by atoms with van der Waals surface area (Å²) in [7, 11) is 10.1. The minimum atomic E-state index is -2.69. The number of carbonyl (C=O) groups is 3. The number of phenolic OH excluding ortho intramolecular Hbond substituents is 1. The van der Waals surface area contributed by atoms with Crippen molar-refractivity contribution in [2.75, 3.05) is 47.2 Å². The van der Waals surface area contributed by atoms with Gasteiger partial charge in [0.05, 0.1) is 18.2 Å². The van der Waals surface area contributed by atoms with Crippen LogP contribution in [0.1, 0.15) is 23.1 Å². The maximum atomic E-state index is 14.0. The van der Waals surface area contributed by atoms with E-state index >= 15 is 0 Å². The fourth-order valence-corrected chi connectivity index (χ4v) is 6.17. The smallest absolute Gasteiger partial charge is 0.255 e. The van der Waals surface area contributed by atoms with Crippen LogP contribution in [0.2, 0.25) is 0 Å². The zero-order valence-corrected chi connectivity index (χ0v) is 23.4. The first-order valence-corrected chi connectivity index (χ1v) is 12.7. The predicted octanol–water partition coefficient (Wildman–Crippen LogP) is -0.594. The molecule has 0 heterocycles. The third kappa shape index (κ3) is 4.07. The van der Waals surface area contributed by atoms with Gasteiger partial charge in [0.15, 0.2) is 17.3 Å². The summed E-state index contributed by atoms with van der Waals surface area (Å²) in [6.45, 7) is -0.0198. The number of nitrogens with zero attached hydrogens (tertiary/aromatic N) is 4. The molecule has 3 aliphatic rings. The number of aromatic hydroxyl groups is 1. The molecule has 216 valence electrons. The number of aliphatic imine (C=N–C) groups is 1. The summed E-state index contributed by atoms with van der Waals surface area (Å²) in [6.07, 6.45) is 0.212. The number of amides is 1. The lowest BCUT2D eigenvalue weighted by Gasteiger charge is -2.50. The second kappa shape index (κ2) is 9.82. The minimum absolute atomic E-state index is 0.0103. The standard InChI is InChI=1S/C27H36N6O7/c1-31(2)15-9-12(10-30-26(29)33(5)6)20(34)17-13(15)7-11-8-14-19(32(3)4)22(36)18(25(28)39)24(38)27(14,40)23(37)16(11)21(17)35/h9,11,14,19,34-35,38,40H,7-8,10H2,1-6H3,(H2,28,39)(H2,29,30)/t11?,14?,19-,27-/m0/s1. The second-order valence-electron chi connectivity index (χ2n) is 11.2. The summed E-state index contributed by atoms with van der Waals surface area (Å²) in [4.78, 5) is 48.5. The molecule has 0 radical (unpaired) electrons. The summed E-state index contributed by atoms with van der Waals surface area (Å²) < 4.78 is 0. The number of fused-ring (bicyclic) bond motifs is 3. The zero-order chi connectivity index (χ0) is 30.0. The number of nitrogens with two attached hydrogens (primary N) is 2. The van der Waals surface area contributed by atoms with Gasteiger partial charge in [-0.05, 0) is 44.5 Å². The van der Waals surface area contributed by atoms with Crippen LogP contribution in [0, 0.1) is 11.8 Å². The Morgan fingerprint density at radius 1 is 1.10 bits per heavy atom. The van der Waals surface area contributed by atoms with E-state index in [-0.39, 0.29) is 42.2 Å². The molecule has 1 aromatic rings. The molecule has 2 unspecified atom stereocenters. The first kappa shape index (κ1) is 28.9. The van der Waals surface area contributed by atoms with Crippen molar-refractivity contribution >= 4 is 34.9 Å². The molecule has 0 bridgehead atoms. The van der Waals surface area contributed by atoms with E-state index in [1.807, 2.05) is 0 Å². The van der Waals surface area contributed by atoms with Crippen molar-refractivity contribution in [3.05, 3.63) is 39.7 Å². The molecule has 13 nitrogen and oxygen atoms in total. The molecule has 0 aromatic heterocycles. The van der Waals surface area contributed by atoms with Gasteiger partial charge in [-0.2, -0.15) is 0 Å².